The molecule has 1 heterocycles. The lowest BCUT2D eigenvalue weighted by Gasteiger charge is -2.29. The van der Waals surface area contributed by atoms with E-state index in [0.717, 1.165) is 0 Å². The van der Waals surface area contributed by atoms with Crippen molar-refractivity contribution in [2.45, 2.75) is 13.0 Å². The monoisotopic (exact) mass is 246 g/mol. The number of anilines is 1. The first kappa shape index (κ1) is 12.1. The molecule has 0 saturated carbocycles. The summed E-state index contributed by atoms with van der Waals surface area (Å²) in [6, 6.07) is 10.9. The van der Waals surface area contributed by atoms with Gasteiger partial charge >= 0.3 is 0 Å². The third-order valence-corrected chi connectivity index (χ3v) is 3.73. The van der Waals surface area contributed by atoms with Gasteiger partial charge in [0.25, 0.3) is 0 Å². The molecule has 90 valence electrons. The molecule has 0 amide bonds. The summed E-state index contributed by atoms with van der Waals surface area (Å²) < 4.78 is 0. The van der Waals surface area contributed by atoms with E-state index in [4.69, 9.17) is 5.73 Å². The molecule has 0 spiro atoms. The summed E-state index contributed by atoms with van der Waals surface area (Å²) in [6.07, 6.45) is 0. The van der Waals surface area contributed by atoms with Crippen LogP contribution in [0, 0.1) is 6.92 Å². The molecule has 0 aliphatic heterocycles. The van der Waals surface area contributed by atoms with Crippen molar-refractivity contribution in [2.75, 3.05) is 18.5 Å². The van der Waals surface area contributed by atoms with Gasteiger partial charge in [-0.05, 0) is 47.0 Å². The number of nitrogens with two attached hydrogens (primary N) is 1. The summed E-state index contributed by atoms with van der Waals surface area (Å²) in [5, 5.41) is 4.27. The van der Waals surface area contributed by atoms with Crippen LogP contribution in [0.5, 0.6) is 0 Å². The number of nitrogens with zero attached hydrogens (tertiary/aromatic N) is 1. The quantitative estimate of drug-likeness (QED) is 0.897. The average molecular weight is 246 g/mol. The Bertz CT molecular complexity index is 465. The fraction of sp³-hybridized carbons (Fsp3) is 0.286. The topological polar surface area (TPSA) is 29.3 Å². The minimum absolute atomic E-state index is 0.253. The van der Waals surface area contributed by atoms with Crippen LogP contribution < -0.4 is 10.6 Å². The van der Waals surface area contributed by atoms with Crippen molar-refractivity contribution in [3.8, 4) is 0 Å². The second-order valence-electron chi connectivity index (χ2n) is 4.26. The largest absolute Gasteiger partial charge is 0.366 e. The number of rotatable bonds is 4. The van der Waals surface area contributed by atoms with Gasteiger partial charge in [0.15, 0.2) is 0 Å². The number of benzene rings is 1. The van der Waals surface area contributed by atoms with Crippen molar-refractivity contribution < 1.29 is 0 Å². The first-order valence-electron chi connectivity index (χ1n) is 5.74. The zero-order chi connectivity index (χ0) is 12.3. The first-order chi connectivity index (χ1) is 8.22. The Morgan fingerprint density at radius 3 is 2.76 bits per heavy atom. The highest BCUT2D eigenvalue weighted by atomic mass is 32.1. The molecule has 0 fully saturated rings. The molecule has 0 bridgehead atoms. The van der Waals surface area contributed by atoms with Crippen molar-refractivity contribution in [1.82, 2.24) is 0 Å². The molecule has 2 nitrogen and oxygen atoms in total. The minimum Gasteiger partial charge on any atom is -0.366 e. The molecule has 1 unspecified atom stereocenters. The fourth-order valence-corrected chi connectivity index (χ4v) is 2.72. The molecular weight excluding hydrogens is 228 g/mol. The Hall–Kier alpha value is -1.32. The molecule has 0 radical (unpaired) electrons. The average Bonchev–Trinajstić information content (AvgIpc) is 2.83. The van der Waals surface area contributed by atoms with Crippen molar-refractivity contribution in [3.05, 3.63) is 52.2 Å². The SMILES string of the molecule is Cc1cccc(N(C)C(CN)c2ccsc2)c1. The molecule has 1 aromatic heterocycles. The maximum absolute atomic E-state index is 5.90. The lowest BCUT2D eigenvalue weighted by atomic mass is 10.1. The van der Waals surface area contributed by atoms with E-state index in [9.17, 15) is 0 Å². The number of hydrogen-bond acceptors (Lipinski definition) is 3. The molecule has 0 saturated heterocycles. The number of likely N-dealkylation sites (N-methyl/N-ethyl adjacent to an activating group) is 1. The van der Waals surface area contributed by atoms with E-state index in [2.05, 4.69) is 60.0 Å². The zero-order valence-electron chi connectivity index (χ0n) is 10.3. The molecular formula is C14H18N2S. The van der Waals surface area contributed by atoms with Crippen LogP contribution in [-0.2, 0) is 0 Å². The highest BCUT2D eigenvalue weighted by Crippen LogP contribution is 2.26. The van der Waals surface area contributed by atoms with Crippen LogP contribution >= 0.6 is 11.3 Å². The predicted molar refractivity (Wildman–Crippen MR) is 75.7 cm³/mol. The maximum atomic E-state index is 5.90. The number of hydrogen-bond donors (Lipinski definition) is 1. The van der Waals surface area contributed by atoms with Crippen LogP contribution in [0.15, 0.2) is 41.1 Å². The molecule has 1 atom stereocenters. The van der Waals surface area contributed by atoms with E-state index >= 15 is 0 Å². The van der Waals surface area contributed by atoms with E-state index in [0.29, 0.717) is 6.54 Å². The van der Waals surface area contributed by atoms with Gasteiger partial charge in [-0.3, -0.25) is 0 Å². The van der Waals surface area contributed by atoms with E-state index in [1.54, 1.807) is 11.3 Å². The van der Waals surface area contributed by atoms with Crippen LogP contribution in [-0.4, -0.2) is 13.6 Å². The summed E-state index contributed by atoms with van der Waals surface area (Å²) >= 11 is 1.72. The summed E-state index contributed by atoms with van der Waals surface area (Å²) in [7, 11) is 2.10. The fourth-order valence-electron chi connectivity index (χ4n) is 2.01. The van der Waals surface area contributed by atoms with Crippen LogP contribution in [0.3, 0.4) is 0 Å². The Labute approximate surface area is 107 Å². The van der Waals surface area contributed by atoms with Crippen LogP contribution in [0.4, 0.5) is 5.69 Å². The van der Waals surface area contributed by atoms with Gasteiger partial charge in [0, 0.05) is 19.3 Å². The van der Waals surface area contributed by atoms with Gasteiger partial charge in [-0.15, -0.1) is 0 Å². The number of thiophene rings is 1. The second-order valence-corrected chi connectivity index (χ2v) is 5.04. The predicted octanol–water partition coefficient (Wildman–Crippen LogP) is 3.19. The maximum Gasteiger partial charge on any atom is 0.0669 e. The summed E-state index contributed by atoms with van der Waals surface area (Å²) in [5.74, 6) is 0. The summed E-state index contributed by atoms with van der Waals surface area (Å²) in [6.45, 7) is 2.74. The molecule has 0 aliphatic carbocycles. The van der Waals surface area contributed by atoms with Crippen LogP contribution in [0.25, 0.3) is 0 Å². The van der Waals surface area contributed by atoms with Gasteiger partial charge in [-0.1, -0.05) is 12.1 Å². The lowest BCUT2D eigenvalue weighted by molar-refractivity contribution is 0.683. The van der Waals surface area contributed by atoms with Crippen LogP contribution in [0.1, 0.15) is 17.2 Å². The zero-order valence-corrected chi connectivity index (χ0v) is 11.1. The standard InChI is InChI=1S/C14H18N2S/c1-11-4-3-5-13(8-11)16(2)14(9-15)12-6-7-17-10-12/h3-8,10,14H,9,15H2,1-2H3. The third-order valence-electron chi connectivity index (χ3n) is 3.03. The normalized spacial score (nSPS) is 12.4. The highest BCUT2D eigenvalue weighted by Gasteiger charge is 2.16. The summed E-state index contributed by atoms with van der Waals surface area (Å²) in [5.41, 5.74) is 9.68. The van der Waals surface area contributed by atoms with Crippen LogP contribution in [0.2, 0.25) is 0 Å². The van der Waals surface area contributed by atoms with E-state index in [-0.39, 0.29) is 6.04 Å². The molecule has 0 aliphatic rings. The van der Waals surface area contributed by atoms with Gasteiger partial charge in [0.1, 0.15) is 0 Å². The lowest BCUT2D eigenvalue weighted by Crippen LogP contribution is -2.30. The van der Waals surface area contributed by atoms with Gasteiger partial charge in [0.2, 0.25) is 0 Å². The summed E-state index contributed by atoms with van der Waals surface area (Å²) in [4.78, 5) is 2.25. The second kappa shape index (κ2) is 5.34. The van der Waals surface area contributed by atoms with Crippen molar-refractivity contribution in [2.24, 2.45) is 5.73 Å². The van der Waals surface area contributed by atoms with Gasteiger partial charge in [-0.25, -0.2) is 0 Å². The molecule has 2 N–H and O–H groups in total. The van der Waals surface area contributed by atoms with Gasteiger partial charge in [0.05, 0.1) is 6.04 Å². The van der Waals surface area contributed by atoms with E-state index in [1.165, 1.54) is 16.8 Å². The molecule has 1 aromatic carbocycles. The van der Waals surface area contributed by atoms with Crippen molar-refractivity contribution in [3.63, 3.8) is 0 Å². The third kappa shape index (κ3) is 2.68. The number of aryl methyl sites for hydroxylation is 1. The Balaban J connectivity index is 2.26. The Morgan fingerprint density at radius 2 is 2.18 bits per heavy atom. The van der Waals surface area contributed by atoms with Crippen molar-refractivity contribution in [1.29, 1.82) is 0 Å². The Kier molecular flexibility index (Phi) is 3.82. The van der Waals surface area contributed by atoms with Crippen molar-refractivity contribution >= 4 is 17.0 Å². The molecule has 2 aromatic rings. The van der Waals surface area contributed by atoms with Gasteiger partial charge in [-0.2, -0.15) is 11.3 Å². The van der Waals surface area contributed by atoms with E-state index < -0.39 is 0 Å². The molecule has 3 heteroatoms. The smallest absolute Gasteiger partial charge is 0.0669 e. The highest BCUT2D eigenvalue weighted by molar-refractivity contribution is 7.08. The minimum atomic E-state index is 0.253. The van der Waals surface area contributed by atoms with Gasteiger partial charge < -0.3 is 10.6 Å². The van der Waals surface area contributed by atoms with E-state index in [1.807, 2.05) is 0 Å². The first-order valence-corrected chi connectivity index (χ1v) is 6.68. The molecule has 17 heavy (non-hydrogen) atoms. The molecule has 2 rings (SSSR count). The Morgan fingerprint density at radius 1 is 1.35 bits per heavy atom.